The van der Waals surface area contributed by atoms with E-state index in [1.165, 1.54) is 0 Å². The second-order valence-corrected chi connectivity index (χ2v) is 5.19. The van der Waals surface area contributed by atoms with Gasteiger partial charge in [0.1, 0.15) is 5.82 Å². The van der Waals surface area contributed by atoms with Gasteiger partial charge in [-0.25, -0.2) is 4.98 Å². The van der Waals surface area contributed by atoms with Crippen molar-refractivity contribution in [3.8, 4) is 0 Å². The fourth-order valence-corrected chi connectivity index (χ4v) is 2.18. The van der Waals surface area contributed by atoms with Crippen molar-refractivity contribution in [2.75, 3.05) is 0 Å². The Morgan fingerprint density at radius 3 is 2.89 bits per heavy atom. The van der Waals surface area contributed by atoms with Gasteiger partial charge in [0.25, 0.3) is 5.91 Å². The van der Waals surface area contributed by atoms with Gasteiger partial charge in [-0.1, -0.05) is 13.8 Å². The van der Waals surface area contributed by atoms with Gasteiger partial charge in [0.2, 0.25) is 5.82 Å². The molecule has 2 rings (SSSR count). The summed E-state index contributed by atoms with van der Waals surface area (Å²) in [5, 5.41) is 19.1. The number of aliphatic hydroxyl groups excluding tert-OH is 1. The molecular weight excluding hydrogens is 232 g/mol. The fraction of sp³-hybridized carbons (Fsp3) is 0.750. The molecule has 0 aromatic carbocycles. The van der Waals surface area contributed by atoms with Crippen LogP contribution in [-0.2, 0) is 0 Å². The maximum atomic E-state index is 11.9. The van der Waals surface area contributed by atoms with Gasteiger partial charge in [-0.2, -0.15) is 0 Å². The van der Waals surface area contributed by atoms with Gasteiger partial charge < -0.3 is 10.4 Å². The Balaban J connectivity index is 1.94. The third-order valence-corrected chi connectivity index (χ3v) is 3.23. The van der Waals surface area contributed by atoms with Crippen LogP contribution in [0.2, 0.25) is 0 Å². The topological polar surface area (TPSA) is 90.9 Å². The van der Waals surface area contributed by atoms with Crippen molar-refractivity contribution in [2.45, 2.75) is 57.6 Å². The average Bonchev–Trinajstić information content (AvgIpc) is 2.78. The predicted octanol–water partition coefficient (Wildman–Crippen LogP) is 0.961. The van der Waals surface area contributed by atoms with E-state index >= 15 is 0 Å². The molecule has 6 nitrogen and oxygen atoms in total. The number of aliphatic hydroxyl groups is 1. The van der Waals surface area contributed by atoms with Crippen LogP contribution in [0.5, 0.6) is 0 Å². The number of carbonyl (C=O) groups is 1. The number of amides is 1. The van der Waals surface area contributed by atoms with Gasteiger partial charge in [0.15, 0.2) is 0 Å². The van der Waals surface area contributed by atoms with Crippen molar-refractivity contribution in [1.82, 2.24) is 20.5 Å². The van der Waals surface area contributed by atoms with E-state index in [2.05, 4.69) is 20.5 Å². The molecule has 2 unspecified atom stereocenters. The van der Waals surface area contributed by atoms with E-state index in [4.69, 9.17) is 0 Å². The quantitative estimate of drug-likeness (QED) is 0.747. The predicted molar refractivity (Wildman–Crippen MR) is 66.2 cm³/mol. The molecule has 0 radical (unpaired) electrons. The minimum atomic E-state index is -0.303. The second-order valence-electron chi connectivity index (χ2n) is 5.19. The van der Waals surface area contributed by atoms with E-state index < -0.39 is 0 Å². The van der Waals surface area contributed by atoms with Crippen molar-refractivity contribution >= 4 is 5.91 Å². The number of rotatable bonds is 3. The lowest BCUT2D eigenvalue weighted by atomic mass is 9.93. The number of H-pyrrole nitrogens is 1. The Labute approximate surface area is 106 Å². The largest absolute Gasteiger partial charge is 0.393 e. The van der Waals surface area contributed by atoms with Gasteiger partial charge in [-0.3, -0.25) is 9.89 Å². The minimum absolute atomic E-state index is 0.0299. The summed E-state index contributed by atoms with van der Waals surface area (Å²) >= 11 is 0. The Morgan fingerprint density at radius 2 is 2.28 bits per heavy atom. The van der Waals surface area contributed by atoms with Crippen molar-refractivity contribution in [1.29, 1.82) is 0 Å². The molecule has 1 saturated carbocycles. The highest BCUT2D eigenvalue weighted by Crippen LogP contribution is 2.18. The van der Waals surface area contributed by atoms with E-state index in [1.54, 1.807) is 0 Å². The van der Waals surface area contributed by atoms with Crippen LogP contribution in [0.3, 0.4) is 0 Å². The zero-order valence-electron chi connectivity index (χ0n) is 10.8. The van der Waals surface area contributed by atoms with Crippen LogP contribution in [0.15, 0.2) is 0 Å². The molecule has 0 spiro atoms. The summed E-state index contributed by atoms with van der Waals surface area (Å²) in [5.41, 5.74) is 0. The van der Waals surface area contributed by atoms with Crippen molar-refractivity contribution in [2.24, 2.45) is 0 Å². The van der Waals surface area contributed by atoms with E-state index in [1.807, 2.05) is 13.8 Å². The molecular formula is C12H20N4O2. The molecule has 3 N–H and O–H groups in total. The highest BCUT2D eigenvalue weighted by molar-refractivity contribution is 5.90. The number of nitrogens with one attached hydrogen (secondary N) is 2. The van der Waals surface area contributed by atoms with Crippen molar-refractivity contribution < 1.29 is 9.90 Å². The Hall–Kier alpha value is -1.43. The smallest absolute Gasteiger partial charge is 0.291 e. The SMILES string of the molecule is CC(C)c1nc(C(=O)NC2CCCC(O)C2)n[nH]1. The van der Waals surface area contributed by atoms with Gasteiger partial charge in [-0.15, -0.1) is 5.10 Å². The molecule has 1 aliphatic rings. The molecule has 1 aromatic heterocycles. The number of aromatic amines is 1. The third-order valence-electron chi connectivity index (χ3n) is 3.23. The monoisotopic (exact) mass is 252 g/mol. The summed E-state index contributed by atoms with van der Waals surface area (Å²) < 4.78 is 0. The third kappa shape index (κ3) is 3.07. The number of hydrogen-bond donors (Lipinski definition) is 3. The first-order valence-corrected chi connectivity index (χ1v) is 6.47. The zero-order chi connectivity index (χ0) is 13.1. The lowest BCUT2D eigenvalue weighted by molar-refractivity contribution is 0.0841. The molecule has 1 aliphatic carbocycles. The second kappa shape index (κ2) is 5.48. The van der Waals surface area contributed by atoms with Crippen LogP contribution in [-0.4, -0.2) is 38.3 Å². The van der Waals surface area contributed by atoms with Gasteiger partial charge in [0.05, 0.1) is 6.10 Å². The number of hydrogen-bond acceptors (Lipinski definition) is 4. The Bertz CT molecular complexity index is 416. The van der Waals surface area contributed by atoms with E-state index in [0.717, 1.165) is 19.3 Å². The van der Waals surface area contributed by atoms with Crippen molar-refractivity contribution in [3.63, 3.8) is 0 Å². The number of nitrogens with zero attached hydrogens (tertiary/aromatic N) is 2. The van der Waals surface area contributed by atoms with Crippen LogP contribution >= 0.6 is 0 Å². The first-order chi connectivity index (χ1) is 8.56. The summed E-state index contributed by atoms with van der Waals surface area (Å²) in [6.07, 6.45) is 2.99. The fourth-order valence-electron chi connectivity index (χ4n) is 2.18. The van der Waals surface area contributed by atoms with E-state index in [9.17, 15) is 9.90 Å². The van der Waals surface area contributed by atoms with Crippen LogP contribution < -0.4 is 5.32 Å². The summed E-state index contributed by atoms with van der Waals surface area (Å²) in [7, 11) is 0. The molecule has 1 aromatic rings. The van der Waals surface area contributed by atoms with Gasteiger partial charge >= 0.3 is 0 Å². The van der Waals surface area contributed by atoms with Crippen LogP contribution in [0, 0.1) is 0 Å². The molecule has 0 saturated heterocycles. The molecule has 6 heteroatoms. The molecule has 2 atom stereocenters. The number of aromatic nitrogens is 3. The maximum Gasteiger partial charge on any atom is 0.291 e. The van der Waals surface area contributed by atoms with E-state index in [0.29, 0.717) is 12.2 Å². The Kier molecular flexibility index (Phi) is 3.96. The first kappa shape index (κ1) is 13.0. The first-order valence-electron chi connectivity index (χ1n) is 6.47. The van der Waals surface area contributed by atoms with Crippen LogP contribution in [0.4, 0.5) is 0 Å². The van der Waals surface area contributed by atoms with Crippen molar-refractivity contribution in [3.05, 3.63) is 11.6 Å². The summed E-state index contributed by atoms with van der Waals surface area (Å²) in [4.78, 5) is 16.1. The molecule has 100 valence electrons. The average molecular weight is 252 g/mol. The molecule has 1 amide bonds. The standard InChI is InChI=1S/C12H20N4O2/c1-7(2)10-14-11(16-15-10)12(18)13-8-4-3-5-9(17)6-8/h7-9,17H,3-6H2,1-2H3,(H,13,18)(H,14,15,16). The summed E-state index contributed by atoms with van der Waals surface area (Å²) in [5.74, 6) is 0.843. The lowest BCUT2D eigenvalue weighted by Crippen LogP contribution is -2.40. The summed E-state index contributed by atoms with van der Waals surface area (Å²) in [6.45, 7) is 3.97. The number of carbonyl (C=O) groups excluding carboxylic acids is 1. The van der Waals surface area contributed by atoms with Gasteiger partial charge in [0, 0.05) is 12.0 Å². The van der Waals surface area contributed by atoms with Gasteiger partial charge in [-0.05, 0) is 25.7 Å². The van der Waals surface area contributed by atoms with Crippen LogP contribution in [0.1, 0.15) is 61.9 Å². The Morgan fingerprint density at radius 1 is 1.50 bits per heavy atom. The normalized spacial score (nSPS) is 24.2. The summed E-state index contributed by atoms with van der Waals surface area (Å²) in [6, 6.07) is 0.0299. The lowest BCUT2D eigenvalue weighted by Gasteiger charge is -2.26. The molecule has 18 heavy (non-hydrogen) atoms. The van der Waals surface area contributed by atoms with Crippen LogP contribution in [0.25, 0.3) is 0 Å². The molecule has 1 heterocycles. The zero-order valence-corrected chi connectivity index (χ0v) is 10.8. The minimum Gasteiger partial charge on any atom is -0.393 e. The van der Waals surface area contributed by atoms with E-state index in [-0.39, 0.29) is 29.8 Å². The molecule has 1 fully saturated rings. The highest BCUT2D eigenvalue weighted by atomic mass is 16.3. The maximum absolute atomic E-state index is 11.9. The molecule has 0 bridgehead atoms. The molecule has 0 aliphatic heterocycles. The highest BCUT2D eigenvalue weighted by Gasteiger charge is 2.23.